The molecule has 1 aromatic rings. The van der Waals surface area contributed by atoms with Crippen LogP contribution in [-0.2, 0) is 4.74 Å². The van der Waals surface area contributed by atoms with E-state index in [0.29, 0.717) is 24.3 Å². The Kier molecular flexibility index (Phi) is 6.09. The first-order chi connectivity index (χ1) is 11.1. The number of allylic oxidation sites excluding steroid dienone is 1. The molecule has 2 rings (SSSR count). The number of nitrogens with one attached hydrogen (secondary N) is 2. The topological polar surface area (TPSA) is 107 Å². The van der Waals surface area contributed by atoms with Crippen molar-refractivity contribution in [3.8, 4) is 0 Å². The van der Waals surface area contributed by atoms with Crippen LogP contribution in [-0.4, -0.2) is 57.8 Å². The molecule has 7 nitrogen and oxygen atoms in total. The van der Waals surface area contributed by atoms with Crippen LogP contribution in [0.4, 0.5) is 0 Å². The minimum absolute atomic E-state index is 0.101. The van der Waals surface area contributed by atoms with E-state index in [-0.39, 0.29) is 18.1 Å². The lowest BCUT2D eigenvalue weighted by molar-refractivity contribution is -0.132. The average Bonchev–Trinajstić information content (AvgIpc) is 2.96. The molecule has 126 valence electrons. The van der Waals surface area contributed by atoms with Crippen molar-refractivity contribution in [2.45, 2.75) is 38.1 Å². The second-order valence-corrected chi connectivity index (χ2v) is 5.38. The van der Waals surface area contributed by atoms with E-state index < -0.39 is 18.3 Å². The monoisotopic (exact) mass is 321 g/mol. The van der Waals surface area contributed by atoms with Gasteiger partial charge in [-0.3, -0.25) is 9.89 Å². The van der Waals surface area contributed by atoms with E-state index in [9.17, 15) is 15.0 Å². The van der Waals surface area contributed by atoms with Gasteiger partial charge in [0, 0.05) is 18.7 Å². The molecule has 23 heavy (non-hydrogen) atoms. The molecule has 3 unspecified atom stereocenters. The maximum Gasteiger partial charge on any atom is 0.272 e. The molecule has 1 amide bonds. The summed E-state index contributed by atoms with van der Waals surface area (Å²) in [4.78, 5) is 12.3. The molecule has 1 aliphatic heterocycles. The highest BCUT2D eigenvalue weighted by Crippen LogP contribution is 2.17. The molecule has 1 saturated heterocycles. The smallest absolute Gasteiger partial charge is 0.272 e. The number of aliphatic hydroxyl groups is 2. The summed E-state index contributed by atoms with van der Waals surface area (Å²) in [7, 11) is 0. The third kappa shape index (κ3) is 4.07. The van der Waals surface area contributed by atoms with Gasteiger partial charge in [-0.15, -0.1) is 0 Å². The van der Waals surface area contributed by atoms with Gasteiger partial charge in [-0.1, -0.05) is 25.7 Å². The normalized spacial score (nSPS) is 24.7. The van der Waals surface area contributed by atoms with Crippen LogP contribution in [0.25, 0.3) is 12.2 Å². The number of H-pyrrole nitrogens is 1. The summed E-state index contributed by atoms with van der Waals surface area (Å²) in [5.74, 6) is -0.374. The Labute approximate surface area is 135 Å². The Balaban J connectivity index is 2.04. The number of aromatic nitrogens is 2. The number of aliphatic hydroxyl groups excluding tert-OH is 2. The molecule has 7 heteroatoms. The molecule has 0 aromatic carbocycles. The summed E-state index contributed by atoms with van der Waals surface area (Å²) in [5.41, 5.74) is 1.60. The molecule has 0 radical (unpaired) electrons. The fraction of sp³-hybridized carbons (Fsp3) is 0.500. The number of carbonyl (C=O) groups is 1. The molecule has 0 saturated carbocycles. The third-order valence-corrected chi connectivity index (χ3v) is 3.76. The highest BCUT2D eigenvalue weighted by molar-refractivity contribution is 5.97. The first-order valence-electron chi connectivity index (χ1n) is 7.71. The number of hydrogen-bond donors (Lipinski definition) is 4. The van der Waals surface area contributed by atoms with E-state index in [2.05, 4.69) is 22.1 Å². The van der Waals surface area contributed by atoms with Gasteiger partial charge >= 0.3 is 0 Å². The van der Waals surface area contributed by atoms with Gasteiger partial charge in [-0.2, -0.15) is 5.10 Å². The summed E-state index contributed by atoms with van der Waals surface area (Å²) in [6.45, 7) is 6.14. The second-order valence-electron chi connectivity index (χ2n) is 5.38. The van der Waals surface area contributed by atoms with E-state index in [1.165, 1.54) is 0 Å². The molecular weight excluding hydrogens is 298 g/mol. The van der Waals surface area contributed by atoms with Crippen molar-refractivity contribution >= 4 is 18.1 Å². The van der Waals surface area contributed by atoms with Gasteiger partial charge < -0.3 is 20.3 Å². The van der Waals surface area contributed by atoms with Crippen LogP contribution in [0.3, 0.4) is 0 Å². The van der Waals surface area contributed by atoms with Crippen LogP contribution in [0.2, 0.25) is 0 Å². The largest absolute Gasteiger partial charge is 0.390 e. The van der Waals surface area contributed by atoms with Gasteiger partial charge in [0.25, 0.3) is 5.91 Å². The first kappa shape index (κ1) is 17.4. The van der Waals surface area contributed by atoms with Crippen LogP contribution < -0.4 is 5.32 Å². The number of ether oxygens (including phenoxy) is 1. The summed E-state index contributed by atoms with van der Waals surface area (Å²) < 4.78 is 5.39. The maximum atomic E-state index is 12.3. The fourth-order valence-corrected chi connectivity index (χ4v) is 2.41. The molecule has 3 atom stereocenters. The lowest BCUT2D eigenvalue weighted by atomic mass is 10.0. The standard InChI is InChI=1S/C16H23N3O4/c1-3-5-6-10-11(4-2)18-19-14(10)16(22)17-9-13-15(21)12(20)7-8-23-13/h4-6,12-13,15,20-21H,2-3,7-9H2,1H3,(H,17,22)(H,18,19)/b6-5-. The molecule has 0 bridgehead atoms. The van der Waals surface area contributed by atoms with Crippen molar-refractivity contribution in [1.29, 1.82) is 0 Å². The zero-order chi connectivity index (χ0) is 16.8. The van der Waals surface area contributed by atoms with E-state index >= 15 is 0 Å². The number of nitrogens with zero attached hydrogens (tertiary/aromatic N) is 1. The van der Waals surface area contributed by atoms with Crippen LogP contribution in [0.1, 0.15) is 41.5 Å². The van der Waals surface area contributed by atoms with Crippen molar-refractivity contribution in [2.75, 3.05) is 13.2 Å². The van der Waals surface area contributed by atoms with Gasteiger partial charge in [0.2, 0.25) is 0 Å². The number of rotatable bonds is 6. The highest BCUT2D eigenvalue weighted by atomic mass is 16.5. The van der Waals surface area contributed by atoms with Gasteiger partial charge in [-0.05, 0) is 18.9 Å². The van der Waals surface area contributed by atoms with Gasteiger partial charge in [0.05, 0.1) is 11.8 Å². The zero-order valence-corrected chi connectivity index (χ0v) is 13.2. The van der Waals surface area contributed by atoms with Crippen LogP contribution in [0, 0.1) is 0 Å². The van der Waals surface area contributed by atoms with Crippen molar-refractivity contribution in [3.05, 3.63) is 29.6 Å². The Morgan fingerprint density at radius 3 is 3.04 bits per heavy atom. The highest BCUT2D eigenvalue weighted by Gasteiger charge is 2.31. The Morgan fingerprint density at radius 2 is 2.35 bits per heavy atom. The molecule has 1 aromatic heterocycles. The van der Waals surface area contributed by atoms with E-state index in [4.69, 9.17) is 4.74 Å². The summed E-state index contributed by atoms with van der Waals surface area (Å²) in [6, 6.07) is 0. The lowest BCUT2D eigenvalue weighted by Gasteiger charge is -2.31. The van der Waals surface area contributed by atoms with Crippen molar-refractivity contribution < 1.29 is 19.7 Å². The minimum atomic E-state index is -1.01. The van der Waals surface area contributed by atoms with Crippen LogP contribution in [0.5, 0.6) is 0 Å². The van der Waals surface area contributed by atoms with Gasteiger partial charge in [0.1, 0.15) is 12.2 Å². The van der Waals surface area contributed by atoms with E-state index in [1.807, 2.05) is 19.1 Å². The fourth-order valence-electron chi connectivity index (χ4n) is 2.41. The predicted molar refractivity (Wildman–Crippen MR) is 86.7 cm³/mol. The lowest BCUT2D eigenvalue weighted by Crippen LogP contribution is -2.50. The Hall–Kier alpha value is -1.96. The summed E-state index contributed by atoms with van der Waals surface area (Å²) in [5, 5.41) is 29.0. The van der Waals surface area contributed by atoms with Crippen LogP contribution >= 0.6 is 0 Å². The summed E-state index contributed by atoms with van der Waals surface area (Å²) >= 11 is 0. The van der Waals surface area contributed by atoms with Gasteiger partial charge in [0.15, 0.2) is 5.69 Å². The number of carbonyl (C=O) groups excluding carboxylic acids is 1. The average molecular weight is 321 g/mol. The van der Waals surface area contributed by atoms with Crippen molar-refractivity contribution in [3.63, 3.8) is 0 Å². The molecule has 0 aliphatic carbocycles. The molecule has 1 fully saturated rings. The quantitative estimate of drug-likeness (QED) is 0.617. The Bertz CT molecular complexity index is 582. The molecular formula is C16H23N3O4. The Morgan fingerprint density at radius 1 is 1.57 bits per heavy atom. The SMILES string of the molecule is C=Cc1[nH]nc(C(=O)NCC2OCCC(O)C2O)c1/C=C\CC. The molecule has 1 aliphatic rings. The van der Waals surface area contributed by atoms with Crippen molar-refractivity contribution in [1.82, 2.24) is 15.5 Å². The van der Waals surface area contributed by atoms with E-state index in [1.54, 1.807) is 6.08 Å². The molecule has 2 heterocycles. The summed E-state index contributed by atoms with van der Waals surface area (Å²) in [6.07, 6.45) is 4.11. The number of aromatic amines is 1. The number of amides is 1. The zero-order valence-electron chi connectivity index (χ0n) is 13.2. The number of hydrogen-bond acceptors (Lipinski definition) is 5. The molecule has 4 N–H and O–H groups in total. The van der Waals surface area contributed by atoms with Gasteiger partial charge in [-0.25, -0.2) is 0 Å². The van der Waals surface area contributed by atoms with E-state index in [0.717, 1.165) is 6.42 Å². The first-order valence-corrected chi connectivity index (χ1v) is 7.71. The molecule has 0 spiro atoms. The maximum absolute atomic E-state index is 12.3. The minimum Gasteiger partial charge on any atom is -0.390 e. The van der Waals surface area contributed by atoms with Crippen molar-refractivity contribution in [2.24, 2.45) is 0 Å². The predicted octanol–water partition coefficient (Wildman–Crippen LogP) is 0.716. The second kappa shape index (κ2) is 8.05. The third-order valence-electron chi connectivity index (χ3n) is 3.76. The van der Waals surface area contributed by atoms with Crippen LogP contribution in [0.15, 0.2) is 12.7 Å².